The highest BCUT2D eigenvalue weighted by atomic mass is 32.1. The second-order valence-electron chi connectivity index (χ2n) is 5.63. The Morgan fingerprint density at radius 2 is 1.96 bits per heavy atom. The van der Waals surface area contributed by atoms with Gasteiger partial charge in [0, 0.05) is 12.6 Å². The number of hydrogen-bond acceptors (Lipinski definition) is 4. The van der Waals surface area contributed by atoms with Gasteiger partial charge < -0.3 is 5.32 Å². The molecule has 26 heavy (non-hydrogen) atoms. The molecule has 6 nitrogen and oxygen atoms in total. The highest BCUT2D eigenvalue weighted by molar-refractivity contribution is 7.17. The summed E-state index contributed by atoms with van der Waals surface area (Å²) < 4.78 is 29.5. The van der Waals surface area contributed by atoms with E-state index in [2.05, 4.69) is 5.32 Å². The minimum atomic E-state index is -0.788. The van der Waals surface area contributed by atoms with Gasteiger partial charge in [-0.3, -0.25) is 18.7 Å². The van der Waals surface area contributed by atoms with Crippen LogP contribution in [0.1, 0.15) is 13.3 Å². The first-order chi connectivity index (χ1) is 12.4. The molecule has 0 aliphatic rings. The van der Waals surface area contributed by atoms with E-state index in [4.69, 9.17) is 0 Å². The Labute approximate surface area is 150 Å². The first-order valence-corrected chi connectivity index (χ1v) is 8.76. The Kier molecular flexibility index (Phi) is 4.99. The van der Waals surface area contributed by atoms with Gasteiger partial charge in [-0.2, -0.15) is 0 Å². The van der Waals surface area contributed by atoms with Crippen LogP contribution < -0.4 is 16.6 Å². The van der Waals surface area contributed by atoms with Crippen molar-refractivity contribution in [2.24, 2.45) is 0 Å². The molecule has 0 saturated carbocycles. The van der Waals surface area contributed by atoms with Gasteiger partial charge in [0.25, 0.3) is 5.56 Å². The van der Waals surface area contributed by atoms with Crippen LogP contribution in [0.5, 0.6) is 0 Å². The average molecular weight is 379 g/mol. The maximum atomic E-state index is 13.7. The Balaban J connectivity index is 1.99. The van der Waals surface area contributed by atoms with Crippen molar-refractivity contribution < 1.29 is 13.6 Å². The van der Waals surface area contributed by atoms with Gasteiger partial charge in [-0.1, -0.05) is 6.92 Å². The summed E-state index contributed by atoms with van der Waals surface area (Å²) in [6.07, 6.45) is 0.576. The number of halogens is 2. The lowest BCUT2D eigenvalue weighted by Crippen LogP contribution is -2.41. The Morgan fingerprint density at radius 3 is 2.69 bits per heavy atom. The van der Waals surface area contributed by atoms with Crippen LogP contribution in [-0.4, -0.2) is 15.0 Å². The number of carbonyl (C=O) groups is 1. The number of benzene rings is 1. The molecule has 136 valence electrons. The van der Waals surface area contributed by atoms with E-state index < -0.39 is 35.3 Å². The van der Waals surface area contributed by atoms with Crippen molar-refractivity contribution >= 4 is 33.1 Å². The summed E-state index contributed by atoms with van der Waals surface area (Å²) in [5.74, 6) is -2.19. The van der Waals surface area contributed by atoms with Gasteiger partial charge in [0.05, 0.1) is 11.2 Å². The number of rotatable bonds is 5. The number of carbonyl (C=O) groups excluding carboxylic acids is 1. The number of nitrogens with one attached hydrogen (secondary N) is 1. The molecule has 0 bridgehead atoms. The molecule has 1 amide bonds. The van der Waals surface area contributed by atoms with Gasteiger partial charge in [-0.15, -0.1) is 11.3 Å². The third-order valence-corrected chi connectivity index (χ3v) is 4.68. The zero-order valence-corrected chi connectivity index (χ0v) is 14.6. The molecule has 0 aliphatic carbocycles. The second-order valence-corrected chi connectivity index (χ2v) is 6.55. The first kappa shape index (κ1) is 18.0. The van der Waals surface area contributed by atoms with Crippen LogP contribution >= 0.6 is 11.3 Å². The molecule has 0 unspecified atom stereocenters. The predicted octanol–water partition coefficient (Wildman–Crippen LogP) is 2.55. The van der Waals surface area contributed by atoms with Crippen molar-refractivity contribution in [1.82, 2.24) is 9.13 Å². The highest BCUT2D eigenvalue weighted by Gasteiger charge is 2.17. The van der Waals surface area contributed by atoms with Crippen LogP contribution in [0.4, 0.5) is 14.5 Å². The van der Waals surface area contributed by atoms with E-state index >= 15 is 0 Å². The molecule has 2 aromatic heterocycles. The molecule has 1 N–H and O–H groups in total. The zero-order chi connectivity index (χ0) is 18.8. The van der Waals surface area contributed by atoms with Crippen molar-refractivity contribution in [2.75, 3.05) is 5.32 Å². The number of hydrogen-bond donors (Lipinski definition) is 1. The Hall–Kier alpha value is -2.81. The monoisotopic (exact) mass is 379 g/mol. The SMILES string of the molecule is CCCn1c(=O)c2sccc2n(CC(=O)Nc2cc(F)ccc2F)c1=O. The second kappa shape index (κ2) is 7.20. The number of aromatic nitrogens is 2. The molecule has 3 rings (SSSR count). The third kappa shape index (κ3) is 3.30. The number of fused-ring (bicyclic) bond motifs is 1. The normalized spacial score (nSPS) is 11.0. The quantitative estimate of drug-likeness (QED) is 0.741. The standard InChI is InChI=1S/C17H15F2N3O3S/c1-2-6-21-16(24)15-13(5-7-26-15)22(17(21)25)9-14(23)20-12-8-10(18)3-4-11(12)19/h3-5,7-8H,2,6,9H2,1H3,(H,20,23). The van der Waals surface area contributed by atoms with Gasteiger partial charge in [-0.05, 0) is 30.0 Å². The summed E-state index contributed by atoms with van der Waals surface area (Å²) in [5, 5.41) is 3.91. The molecule has 2 heterocycles. The molecule has 0 saturated heterocycles. The molecule has 0 radical (unpaired) electrons. The minimum absolute atomic E-state index is 0.228. The molecular weight excluding hydrogens is 364 g/mol. The summed E-state index contributed by atoms with van der Waals surface area (Å²) in [7, 11) is 0. The third-order valence-electron chi connectivity index (χ3n) is 3.79. The van der Waals surface area contributed by atoms with Gasteiger partial charge in [0.1, 0.15) is 22.9 Å². The molecule has 3 aromatic rings. The lowest BCUT2D eigenvalue weighted by Gasteiger charge is -2.12. The summed E-state index contributed by atoms with van der Waals surface area (Å²) >= 11 is 1.18. The van der Waals surface area contributed by atoms with Gasteiger partial charge in [0.15, 0.2) is 0 Å². The van der Waals surface area contributed by atoms with Crippen molar-refractivity contribution in [3.05, 3.63) is 62.1 Å². The molecule has 0 fully saturated rings. The van der Waals surface area contributed by atoms with Gasteiger partial charge >= 0.3 is 5.69 Å². The summed E-state index contributed by atoms with van der Waals surface area (Å²) in [4.78, 5) is 37.3. The average Bonchev–Trinajstić information content (AvgIpc) is 3.08. The van der Waals surface area contributed by atoms with Crippen LogP contribution in [0, 0.1) is 11.6 Å². The smallest absolute Gasteiger partial charge is 0.322 e. The largest absolute Gasteiger partial charge is 0.332 e. The molecular formula is C17H15F2N3O3S. The van der Waals surface area contributed by atoms with E-state index in [1.165, 1.54) is 11.3 Å². The number of thiophene rings is 1. The molecule has 0 spiro atoms. The number of anilines is 1. The van der Waals surface area contributed by atoms with Gasteiger partial charge in [-0.25, -0.2) is 13.6 Å². The van der Waals surface area contributed by atoms with Crippen LogP contribution in [0.3, 0.4) is 0 Å². The van der Waals surface area contributed by atoms with E-state index in [1.807, 2.05) is 6.92 Å². The van der Waals surface area contributed by atoms with Crippen LogP contribution in [0.25, 0.3) is 10.2 Å². The molecule has 0 aliphatic heterocycles. The Morgan fingerprint density at radius 1 is 1.19 bits per heavy atom. The predicted molar refractivity (Wildman–Crippen MR) is 95.6 cm³/mol. The van der Waals surface area contributed by atoms with Crippen LogP contribution in [0.2, 0.25) is 0 Å². The summed E-state index contributed by atoms with van der Waals surface area (Å²) in [5.41, 5.74) is -0.981. The number of nitrogens with zero attached hydrogens (tertiary/aromatic N) is 2. The fraction of sp³-hybridized carbons (Fsp3) is 0.235. The van der Waals surface area contributed by atoms with E-state index in [0.29, 0.717) is 16.6 Å². The fourth-order valence-electron chi connectivity index (χ4n) is 2.63. The summed E-state index contributed by atoms with van der Waals surface area (Å²) in [6, 6.07) is 4.27. The number of amides is 1. The highest BCUT2D eigenvalue weighted by Crippen LogP contribution is 2.17. The summed E-state index contributed by atoms with van der Waals surface area (Å²) in [6.45, 7) is 1.63. The van der Waals surface area contributed by atoms with E-state index in [1.54, 1.807) is 11.4 Å². The van der Waals surface area contributed by atoms with Gasteiger partial charge in [0.2, 0.25) is 5.91 Å². The zero-order valence-electron chi connectivity index (χ0n) is 13.8. The first-order valence-electron chi connectivity index (χ1n) is 7.88. The Bertz CT molecular complexity index is 1100. The maximum absolute atomic E-state index is 13.7. The van der Waals surface area contributed by atoms with E-state index in [9.17, 15) is 23.2 Å². The minimum Gasteiger partial charge on any atom is -0.322 e. The molecule has 9 heteroatoms. The molecule has 1 aromatic carbocycles. The van der Waals surface area contributed by atoms with Crippen molar-refractivity contribution in [2.45, 2.75) is 26.4 Å². The topological polar surface area (TPSA) is 73.1 Å². The fourth-order valence-corrected chi connectivity index (χ4v) is 3.48. The van der Waals surface area contributed by atoms with Crippen molar-refractivity contribution in [3.63, 3.8) is 0 Å². The maximum Gasteiger partial charge on any atom is 0.332 e. The van der Waals surface area contributed by atoms with Crippen LogP contribution in [0.15, 0.2) is 39.2 Å². The molecule has 0 atom stereocenters. The van der Waals surface area contributed by atoms with Crippen LogP contribution in [-0.2, 0) is 17.9 Å². The van der Waals surface area contributed by atoms with E-state index in [0.717, 1.165) is 27.3 Å². The van der Waals surface area contributed by atoms with Crippen molar-refractivity contribution in [3.8, 4) is 0 Å². The van der Waals surface area contributed by atoms with E-state index in [-0.39, 0.29) is 12.2 Å². The lowest BCUT2D eigenvalue weighted by molar-refractivity contribution is -0.116. The lowest BCUT2D eigenvalue weighted by atomic mass is 10.3. The van der Waals surface area contributed by atoms with Crippen molar-refractivity contribution in [1.29, 1.82) is 0 Å².